The first-order chi connectivity index (χ1) is 31.1. The SMILES string of the molecule is CCOC(=O)C1=C(C=O)C(=C2CC(CO)C(=O)C(c3ccc4[nH]ccc4c3)C2)c2c(c(CO)c3c(c2OC2CCCC(O)C2)CC(C2(O)CCCC4CN(CCCOC)CCC42)O3)O1. The van der Waals surface area contributed by atoms with Gasteiger partial charge in [0.05, 0.1) is 42.6 Å². The Morgan fingerprint density at radius 1 is 1.08 bits per heavy atom. The van der Waals surface area contributed by atoms with Crippen molar-refractivity contribution in [3.63, 3.8) is 0 Å². The summed E-state index contributed by atoms with van der Waals surface area (Å²) in [7, 11) is 1.72. The fourth-order valence-electron chi connectivity index (χ4n) is 12.0. The van der Waals surface area contributed by atoms with Crippen molar-refractivity contribution >= 4 is 34.5 Å². The number of nitrogens with one attached hydrogen (secondary N) is 1. The predicted octanol–water partition coefficient (Wildman–Crippen LogP) is 5.45. The maximum absolute atomic E-state index is 14.2. The van der Waals surface area contributed by atoms with E-state index >= 15 is 0 Å². The number of esters is 1. The Balaban J connectivity index is 1.21. The van der Waals surface area contributed by atoms with E-state index in [2.05, 4.69) is 9.88 Å². The van der Waals surface area contributed by atoms with E-state index in [9.17, 15) is 34.8 Å². The van der Waals surface area contributed by atoms with Crippen LogP contribution in [0.25, 0.3) is 16.5 Å². The molecule has 8 atom stereocenters. The molecule has 4 heterocycles. The summed E-state index contributed by atoms with van der Waals surface area (Å²) < 4.78 is 31.3. The molecule has 344 valence electrons. The van der Waals surface area contributed by atoms with Crippen LogP contribution in [-0.4, -0.2) is 119 Å². The lowest BCUT2D eigenvalue weighted by atomic mass is 9.63. The summed E-state index contributed by atoms with van der Waals surface area (Å²) in [5.41, 5.74) is 2.48. The summed E-state index contributed by atoms with van der Waals surface area (Å²) in [4.78, 5) is 47.4. The van der Waals surface area contributed by atoms with Crippen LogP contribution in [0.15, 0.2) is 47.4 Å². The van der Waals surface area contributed by atoms with Gasteiger partial charge in [0.25, 0.3) is 0 Å². The van der Waals surface area contributed by atoms with Gasteiger partial charge >= 0.3 is 5.97 Å². The highest BCUT2D eigenvalue weighted by molar-refractivity contribution is 6.11. The number of carbonyl (C=O) groups is 3. The molecule has 1 aromatic heterocycles. The fourth-order valence-corrected chi connectivity index (χ4v) is 12.0. The Labute approximate surface area is 373 Å². The molecule has 0 spiro atoms. The van der Waals surface area contributed by atoms with Gasteiger partial charge in [0.15, 0.2) is 6.29 Å². The quantitative estimate of drug-likeness (QED) is 0.0827. The smallest absolute Gasteiger partial charge is 0.375 e. The molecular formula is C50H62N2O12. The number of aldehydes is 1. The molecule has 14 nitrogen and oxygen atoms in total. The zero-order chi connectivity index (χ0) is 44.7. The number of fused-ring (bicyclic) bond motifs is 4. The zero-order valence-corrected chi connectivity index (χ0v) is 36.9. The number of piperidine rings is 1. The van der Waals surface area contributed by atoms with Crippen molar-refractivity contribution in [3.05, 3.63) is 69.6 Å². The van der Waals surface area contributed by atoms with Crippen LogP contribution in [0.3, 0.4) is 0 Å². The summed E-state index contributed by atoms with van der Waals surface area (Å²) in [6.45, 7) is 3.98. The van der Waals surface area contributed by atoms with E-state index in [0.717, 1.165) is 68.2 Å². The molecule has 3 aromatic rings. The number of ether oxygens (including phenoxy) is 5. The molecule has 0 amide bonds. The second kappa shape index (κ2) is 18.7. The monoisotopic (exact) mass is 882 g/mol. The Bertz CT molecular complexity index is 2330. The van der Waals surface area contributed by atoms with Gasteiger partial charge in [-0.1, -0.05) is 18.1 Å². The van der Waals surface area contributed by atoms with Crippen LogP contribution in [0.5, 0.6) is 17.2 Å². The molecule has 1 saturated heterocycles. The zero-order valence-electron chi connectivity index (χ0n) is 36.9. The molecule has 2 aromatic carbocycles. The first kappa shape index (κ1) is 44.6. The van der Waals surface area contributed by atoms with Crippen LogP contribution in [0.2, 0.25) is 0 Å². The molecule has 0 bridgehead atoms. The number of nitrogens with zero attached hydrogens (tertiary/aromatic N) is 1. The molecule has 14 heteroatoms. The van der Waals surface area contributed by atoms with Crippen molar-refractivity contribution in [2.45, 2.75) is 120 Å². The van der Waals surface area contributed by atoms with E-state index in [-0.39, 0.29) is 66.1 Å². The number of Topliss-reactive ketones (excluding diaryl/α,β-unsaturated/α-hetero) is 1. The van der Waals surface area contributed by atoms with Crippen LogP contribution in [0, 0.1) is 17.8 Å². The summed E-state index contributed by atoms with van der Waals surface area (Å²) in [6, 6.07) is 7.69. The van der Waals surface area contributed by atoms with Crippen molar-refractivity contribution < 1.29 is 58.5 Å². The van der Waals surface area contributed by atoms with Crippen LogP contribution < -0.4 is 14.2 Å². The second-order valence-electron chi connectivity index (χ2n) is 18.8. The van der Waals surface area contributed by atoms with Gasteiger partial charge in [-0.2, -0.15) is 0 Å². The van der Waals surface area contributed by atoms with Crippen LogP contribution >= 0.6 is 0 Å². The third-order valence-electron chi connectivity index (χ3n) is 15.0. The number of methoxy groups -OCH3 is 1. The first-order valence-corrected chi connectivity index (χ1v) is 23.4. The van der Waals surface area contributed by atoms with Crippen LogP contribution in [0.4, 0.5) is 0 Å². The van der Waals surface area contributed by atoms with E-state index in [1.54, 1.807) is 14.0 Å². The van der Waals surface area contributed by atoms with Gasteiger partial charge < -0.3 is 54.0 Å². The average molecular weight is 883 g/mol. The number of carbonyl (C=O) groups excluding carboxylic acids is 3. The van der Waals surface area contributed by atoms with Gasteiger partial charge in [-0.15, -0.1) is 0 Å². The molecule has 64 heavy (non-hydrogen) atoms. The third kappa shape index (κ3) is 8.08. The van der Waals surface area contributed by atoms with Crippen molar-refractivity contribution in [1.82, 2.24) is 9.88 Å². The maximum Gasteiger partial charge on any atom is 0.375 e. The van der Waals surface area contributed by atoms with E-state index < -0.39 is 54.9 Å². The highest BCUT2D eigenvalue weighted by atomic mass is 16.6. The number of ketones is 1. The van der Waals surface area contributed by atoms with Crippen LogP contribution in [-0.2, 0) is 36.9 Å². The number of rotatable bonds is 13. The lowest BCUT2D eigenvalue weighted by Crippen LogP contribution is -2.59. The Morgan fingerprint density at radius 3 is 2.70 bits per heavy atom. The molecule has 9 rings (SSSR count). The minimum Gasteiger partial charge on any atom is -0.489 e. The number of hydrogen-bond acceptors (Lipinski definition) is 13. The molecule has 6 aliphatic rings. The number of aromatic amines is 1. The first-order valence-electron chi connectivity index (χ1n) is 23.4. The molecule has 0 radical (unpaired) electrons. The van der Waals surface area contributed by atoms with Gasteiger partial charge in [0, 0.05) is 74.3 Å². The van der Waals surface area contributed by atoms with E-state index in [1.807, 2.05) is 30.5 Å². The number of likely N-dealkylation sites (tertiary alicyclic amines) is 1. The highest BCUT2D eigenvalue weighted by Gasteiger charge is 2.55. The van der Waals surface area contributed by atoms with E-state index in [4.69, 9.17) is 23.7 Å². The minimum atomic E-state index is -1.21. The summed E-state index contributed by atoms with van der Waals surface area (Å²) >= 11 is 0. The van der Waals surface area contributed by atoms with Gasteiger partial charge in [-0.05, 0) is 112 Å². The van der Waals surface area contributed by atoms with E-state index in [1.165, 1.54) is 0 Å². The molecule has 5 N–H and O–H groups in total. The molecule has 3 saturated carbocycles. The lowest BCUT2D eigenvalue weighted by molar-refractivity contribution is -0.151. The van der Waals surface area contributed by atoms with Crippen molar-refractivity contribution in [3.8, 4) is 17.2 Å². The van der Waals surface area contributed by atoms with Gasteiger partial charge in [-0.25, -0.2) is 4.79 Å². The predicted molar refractivity (Wildman–Crippen MR) is 236 cm³/mol. The average Bonchev–Trinajstić information content (AvgIpc) is 3.97. The second-order valence-corrected chi connectivity index (χ2v) is 18.8. The number of allylic oxidation sites excluding steroid dienone is 3. The van der Waals surface area contributed by atoms with Crippen molar-refractivity contribution in [2.24, 2.45) is 17.8 Å². The summed E-state index contributed by atoms with van der Waals surface area (Å²) in [5.74, 6) is -1.99. The van der Waals surface area contributed by atoms with E-state index in [0.29, 0.717) is 72.3 Å². The molecule has 4 fully saturated rings. The number of H-pyrrole nitrogens is 1. The fraction of sp³-hybridized carbons (Fsp3) is 0.580. The Morgan fingerprint density at radius 2 is 1.94 bits per heavy atom. The number of hydrogen-bond donors (Lipinski definition) is 5. The van der Waals surface area contributed by atoms with Crippen LogP contribution in [0.1, 0.15) is 106 Å². The largest absolute Gasteiger partial charge is 0.489 e. The molecular weight excluding hydrogens is 821 g/mol. The number of aliphatic hydroxyl groups excluding tert-OH is 3. The van der Waals surface area contributed by atoms with Crippen molar-refractivity contribution in [2.75, 3.05) is 46.6 Å². The number of aromatic nitrogens is 1. The topological polar surface area (TPSA) is 197 Å². The Kier molecular flexibility index (Phi) is 13.1. The summed E-state index contributed by atoms with van der Waals surface area (Å²) in [5, 5.41) is 46.9. The molecule has 8 unspecified atom stereocenters. The van der Waals surface area contributed by atoms with Gasteiger partial charge in [0.1, 0.15) is 40.8 Å². The third-order valence-corrected chi connectivity index (χ3v) is 15.0. The normalized spacial score (nSPS) is 30.6. The minimum absolute atomic E-state index is 0.00670. The van der Waals surface area contributed by atoms with Crippen molar-refractivity contribution in [1.29, 1.82) is 0 Å². The molecule has 3 aliphatic heterocycles. The maximum atomic E-state index is 14.2. The van der Waals surface area contributed by atoms with Gasteiger partial charge in [-0.3, -0.25) is 9.59 Å². The van der Waals surface area contributed by atoms with Gasteiger partial charge in [0.2, 0.25) is 5.76 Å². The number of aliphatic hydroxyl groups is 4. The molecule has 3 aliphatic carbocycles. The lowest BCUT2D eigenvalue weighted by Gasteiger charge is -2.51. The Hall–Kier alpha value is -4.57. The highest BCUT2D eigenvalue weighted by Crippen LogP contribution is 2.58. The number of benzene rings is 2. The summed E-state index contributed by atoms with van der Waals surface area (Å²) in [6.07, 6.45) is 7.58. The standard InChI is InChI=1S/C50H62N2O12/c1-3-61-49(58)48-37(26-54)42(31-20-32(25-53)44(57)35(21-31)28-10-11-40-29(19-28)12-15-51-40)43-46(62-34-9-4-8-33(56)22-34)36-23-41(63-45(36)38(27-55)47(43)64-48)50(59)14-5-7-30-24-52(16-6-18-60-2)17-13-39(30)50/h10-12,15,19,26,30,32-35,39,41,51,53,55-56,59H,3-9,13-14,16-18,20-25,27H2,1-2H3.